The van der Waals surface area contributed by atoms with E-state index in [4.69, 9.17) is 16.3 Å². The minimum atomic E-state index is -0.323. The van der Waals surface area contributed by atoms with Crippen molar-refractivity contribution in [2.45, 2.75) is 52.2 Å². The van der Waals surface area contributed by atoms with Crippen molar-refractivity contribution in [2.24, 2.45) is 0 Å². The maximum absolute atomic E-state index is 13.4. The summed E-state index contributed by atoms with van der Waals surface area (Å²) in [4.78, 5) is 41.6. The average Bonchev–Trinajstić information content (AvgIpc) is 3.37. The molecule has 11 heteroatoms. The molecule has 0 saturated carbocycles. The Hall–Kier alpha value is -3.08. The summed E-state index contributed by atoms with van der Waals surface area (Å²) in [6.07, 6.45) is 3.37. The van der Waals surface area contributed by atoms with Gasteiger partial charge in [0, 0.05) is 50.4 Å². The minimum absolute atomic E-state index is 0.0863. The molecule has 2 amide bonds. The summed E-state index contributed by atoms with van der Waals surface area (Å²) in [5.41, 5.74) is 3.75. The van der Waals surface area contributed by atoms with Crippen molar-refractivity contribution in [3.63, 3.8) is 0 Å². The molecule has 194 valence electrons. The van der Waals surface area contributed by atoms with E-state index in [1.165, 1.54) is 6.92 Å². The summed E-state index contributed by atoms with van der Waals surface area (Å²) < 4.78 is 5.42. The maximum Gasteiger partial charge on any atom is 0.254 e. The molecule has 2 N–H and O–H groups in total. The van der Waals surface area contributed by atoms with E-state index in [1.807, 2.05) is 32.0 Å². The number of rotatable bonds is 7. The highest BCUT2D eigenvalue weighted by molar-refractivity contribution is 7.11. The standard InChI is InChI=1S/C26H29ClN6O3S/c1-14-24(37-16(3)29-14)22(30-15(2)34)13-33-12-18-5-4-17(10-20(18)25(33)35)23-21(27)11-28-26(32-23)31-19-6-8-36-9-7-19/h4-5,10-11,19,22H,6-9,12-13H2,1-3H3,(H,30,34)(H,28,31,32). The molecule has 0 radical (unpaired) electrons. The quantitative estimate of drug-likeness (QED) is 0.460. The van der Waals surface area contributed by atoms with Crippen LogP contribution in [0.2, 0.25) is 5.02 Å². The lowest BCUT2D eigenvalue weighted by molar-refractivity contribution is -0.119. The number of halogens is 1. The second-order valence-corrected chi connectivity index (χ2v) is 11.1. The first-order valence-electron chi connectivity index (χ1n) is 12.3. The lowest BCUT2D eigenvalue weighted by Gasteiger charge is -2.24. The van der Waals surface area contributed by atoms with Crippen molar-refractivity contribution in [2.75, 3.05) is 25.1 Å². The van der Waals surface area contributed by atoms with Crippen LogP contribution in [0, 0.1) is 13.8 Å². The van der Waals surface area contributed by atoms with Crippen molar-refractivity contribution >= 4 is 40.7 Å². The zero-order valence-electron chi connectivity index (χ0n) is 21.0. The predicted octanol–water partition coefficient (Wildman–Crippen LogP) is 4.29. The molecule has 37 heavy (non-hydrogen) atoms. The van der Waals surface area contributed by atoms with Crippen molar-refractivity contribution in [3.05, 3.63) is 56.1 Å². The highest BCUT2D eigenvalue weighted by Crippen LogP contribution is 2.33. The fourth-order valence-corrected chi connectivity index (χ4v) is 6.02. The van der Waals surface area contributed by atoms with Gasteiger partial charge in [0.25, 0.3) is 5.91 Å². The number of nitrogens with one attached hydrogen (secondary N) is 2. The third kappa shape index (κ3) is 5.61. The SMILES string of the molecule is CC(=O)NC(CN1Cc2ccc(-c3nc(NC4CCOCC4)ncc3Cl)cc2C1=O)c1sc(C)nc1C. The van der Waals surface area contributed by atoms with Crippen LogP contribution in [0.25, 0.3) is 11.3 Å². The summed E-state index contributed by atoms with van der Waals surface area (Å²) in [7, 11) is 0. The summed E-state index contributed by atoms with van der Waals surface area (Å²) in [5.74, 6) is 0.274. The zero-order valence-corrected chi connectivity index (χ0v) is 22.6. The van der Waals surface area contributed by atoms with Gasteiger partial charge in [0.15, 0.2) is 0 Å². The molecule has 1 unspecified atom stereocenters. The van der Waals surface area contributed by atoms with Gasteiger partial charge < -0.3 is 20.3 Å². The summed E-state index contributed by atoms with van der Waals surface area (Å²) in [6, 6.07) is 5.66. The highest BCUT2D eigenvalue weighted by Gasteiger charge is 2.32. The first kappa shape index (κ1) is 25.6. The minimum Gasteiger partial charge on any atom is -0.381 e. The van der Waals surface area contributed by atoms with Gasteiger partial charge in [-0.05, 0) is 38.3 Å². The Bertz CT molecular complexity index is 1340. The number of anilines is 1. The highest BCUT2D eigenvalue weighted by atomic mass is 35.5. The number of ether oxygens (including phenoxy) is 1. The van der Waals surface area contributed by atoms with Crippen LogP contribution < -0.4 is 10.6 Å². The molecule has 5 rings (SSSR count). The van der Waals surface area contributed by atoms with Crippen LogP contribution in [0.5, 0.6) is 0 Å². The molecule has 0 spiro atoms. The zero-order chi connectivity index (χ0) is 26.1. The molecule has 2 aliphatic rings. The van der Waals surface area contributed by atoms with Crippen LogP contribution in [-0.2, 0) is 16.1 Å². The van der Waals surface area contributed by atoms with E-state index in [2.05, 4.69) is 25.6 Å². The normalized spacial score (nSPS) is 16.5. The predicted molar refractivity (Wildman–Crippen MR) is 143 cm³/mol. The molecule has 1 saturated heterocycles. The van der Waals surface area contributed by atoms with E-state index >= 15 is 0 Å². The monoisotopic (exact) mass is 540 g/mol. The maximum atomic E-state index is 13.4. The topological polar surface area (TPSA) is 109 Å². The number of benzene rings is 1. The van der Waals surface area contributed by atoms with Gasteiger partial charge in [-0.3, -0.25) is 9.59 Å². The summed E-state index contributed by atoms with van der Waals surface area (Å²) in [5, 5.41) is 7.71. The summed E-state index contributed by atoms with van der Waals surface area (Å²) in [6.45, 7) is 7.61. The van der Waals surface area contributed by atoms with Crippen molar-refractivity contribution in [3.8, 4) is 11.3 Å². The molecule has 1 aromatic carbocycles. The van der Waals surface area contributed by atoms with Crippen LogP contribution in [0.1, 0.15) is 57.3 Å². The van der Waals surface area contributed by atoms with Gasteiger partial charge in [0.2, 0.25) is 11.9 Å². The van der Waals surface area contributed by atoms with Crippen molar-refractivity contribution in [1.29, 1.82) is 0 Å². The number of hydrogen-bond acceptors (Lipinski definition) is 8. The van der Waals surface area contributed by atoms with Crippen molar-refractivity contribution in [1.82, 2.24) is 25.2 Å². The van der Waals surface area contributed by atoms with Crippen LogP contribution >= 0.6 is 22.9 Å². The molecule has 1 atom stereocenters. The number of aryl methyl sites for hydroxylation is 2. The van der Waals surface area contributed by atoms with E-state index in [-0.39, 0.29) is 23.9 Å². The van der Waals surface area contributed by atoms with Crippen LogP contribution in [0.3, 0.4) is 0 Å². The van der Waals surface area contributed by atoms with Gasteiger partial charge in [-0.2, -0.15) is 0 Å². The van der Waals surface area contributed by atoms with E-state index in [1.54, 1.807) is 22.4 Å². The number of carbonyl (C=O) groups is 2. The first-order valence-corrected chi connectivity index (χ1v) is 13.5. The third-order valence-electron chi connectivity index (χ3n) is 6.60. The van der Waals surface area contributed by atoms with Gasteiger partial charge >= 0.3 is 0 Å². The molecule has 0 bridgehead atoms. The molecule has 9 nitrogen and oxygen atoms in total. The number of thiazole rings is 1. The number of carbonyl (C=O) groups excluding carboxylic acids is 2. The molecule has 2 aromatic heterocycles. The Kier molecular flexibility index (Phi) is 7.41. The van der Waals surface area contributed by atoms with Crippen molar-refractivity contribution < 1.29 is 14.3 Å². The van der Waals surface area contributed by atoms with Gasteiger partial charge in [-0.15, -0.1) is 11.3 Å². The number of amides is 2. The lowest BCUT2D eigenvalue weighted by atomic mass is 10.0. The molecule has 1 fully saturated rings. The molecular formula is C26H29ClN6O3S. The smallest absolute Gasteiger partial charge is 0.254 e. The largest absolute Gasteiger partial charge is 0.381 e. The van der Waals surface area contributed by atoms with E-state index in [0.29, 0.717) is 48.5 Å². The van der Waals surface area contributed by atoms with E-state index in [9.17, 15) is 9.59 Å². The number of aromatic nitrogens is 3. The van der Waals surface area contributed by atoms with Crippen LogP contribution in [0.15, 0.2) is 24.4 Å². The molecule has 2 aliphatic heterocycles. The molecule has 3 aromatic rings. The third-order valence-corrected chi connectivity index (χ3v) is 8.06. The Labute approximate surface area is 224 Å². The van der Waals surface area contributed by atoms with Gasteiger partial charge in [0.1, 0.15) is 0 Å². The Morgan fingerprint density at radius 3 is 2.76 bits per heavy atom. The molecule has 0 aliphatic carbocycles. The lowest BCUT2D eigenvalue weighted by Crippen LogP contribution is -2.37. The van der Waals surface area contributed by atoms with Gasteiger partial charge in [-0.25, -0.2) is 15.0 Å². The Morgan fingerprint density at radius 1 is 1.27 bits per heavy atom. The fourth-order valence-electron chi connectivity index (χ4n) is 4.85. The number of nitrogens with zero attached hydrogens (tertiary/aromatic N) is 4. The van der Waals surface area contributed by atoms with E-state index in [0.717, 1.165) is 39.5 Å². The Morgan fingerprint density at radius 2 is 2.05 bits per heavy atom. The van der Waals surface area contributed by atoms with Crippen LogP contribution in [0.4, 0.5) is 5.95 Å². The van der Waals surface area contributed by atoms with Gasteiger partial charge in [-0.1, -0.05) is 23.7 Å². The Balaban J connectivity index is 1.37. The molecule has 4 heterocycles. The van der Waals surface area contributed by atoms with E-state index < -0.39 is 0 Å². The number of hydrogen-bond donors (Lipinski definition) is 2. The summed E-state index contributed by atoms with van der Waals surface area (Å²) >= 11 is 8.02. The van der Waals surface area contributed by atoms with Gasteiger partial charge in [0.05, 0.1) is 38.5 Å². The average molecular weight is 541 g/mol. The molecular weight excluding hydrogens is 512 g/mol. The fraction of sp³-hybridized carbons (Fsp3) is 0.423. The number of fused-ring (bicyclic) bond motifs is 1. The van der Waals surface area contributed by atoms with Crippen LogP contribution in [-0.4, -0.2) is 57.5 Å². The second-order valence-electron chi connectivity index (χ2n) is 9.41. The second kappa shape index (κ2) is 10.7. The first-order chi connectivity index (χ1) is 17.8.